The predicted octanol–water partition coefficient (Wildman–Crippen LogP) is 9.77. The van der Waals surface area contributed by atoms with E-state index in [1.807, 2.05) is 48.5 Å². The summed E-state index contributed by atoms with van der Waals surface area (Å²) in [6.07, 6.45) is 0. The van der Waals surface area contributed by atoms with Gasteiger partial charge in [-0.05, 0) is 56.9 Å². The van der Waals surface area contributed by atoms with Gasteiger partial charge < -0.3 is 5.32 Å². The number of nitrogens with one attached hydrogen (secondary N) is 1. The summed E-state index contributed by atoms with van der Waals surface area (Å²) in [4.78, 5) is 0. The fourth-order valence-electron chi connectivity index (χ4n) is 2.68. The van der Waals surface area contributed by atoms with Gasteiger partial charge in [-0.2, -0.15) is 0 Å². The lowest BCUT2D eigenvalue weighted by molar-refractivity contribution is 0.626. The van der Waals surface area contributed by atoms with Gasteiger partial charge in [0.1, 0.15) is 0 Å². The summed E-state index contributed by atoms with van der Waals surface area (Å²) in [5.41, 5.74) is 9.69. The van der Waals surface area contributed by atoms with Crippen molar-refractivity contribution in [3.63, 3.8) is 0 Å². The van der Waals surface area contributed by atoms with Crippen LogP contribution in [-0.4, -0.2) is 0 Å². The molecule has 1 heteroatoms. The molecular formula is C31H49N. The van der Waals surface area contributed by atoms with E-state index in [1.54, 1.807) is 0 Å². The molecule has 2 aromatic carbocycles. The topological polar surface area (TPSA) is 12.0 Å². The van der Waals surface area contributed by atoms with Gasteiger partial charge in [0.25, 0.3) is 0 Å². The molecule has 0 spiro atoms. The molecule has 32 heavy (non-hydrogen) atoms. The highest BCUT2D eigenvalue weighted by Crippen LogP contribution is 2.34. The number of allylic oxidation sites excluding steroid dienone is 3. The van der Waals surface area contributed by atoms with Crippen molar-refractivity contribution in [2.75, 3.05) is 0 Å². The molecule has 0 atom stereocenters. The summed E-state index contributed by atoms with van der Waals surface area (Å²) in [6, 6.07) is 15.5. The normalized spacial score (nSPS) is 9.59. The third kappa shape index (κ3) is 11.2. The van der Waals surface area contributed by atoms with Gasteiger partial charge in [0.2, 0.25) is 0 Å². The number of hydrogen-bond donors (Lipinski definition) is 1. The molecule has 0 fully saturated rings. The Balaban J connectivity index is 0. The van der Waals surface area contributed by atoms with Gasteiger partial charge in [-0.25, -0.2) is 0 Å². The fraction of sp³-hybridized carbons (Fsp3) is 0.419. The van der Waals surface area contributed by atoms with Crippen LogP contribution in [0.2, 0.25) is 0 Å². The van der Waals surface area contributed by atoms with E-state index in [1.165, 1.54) is 39.0 Å². The van der Waals surface area contributed by atoms with Crippen LogP contribution in [0.1, 0.15) is 85.9 Å². The maximum atomic E-state index is 4.17. The molecule has 0 aliphatic carbocycles. The van der Waals surface area contributed by atoms with Gasteiger partial charge >= 0.3 is 0 Å². The highest BCUT2D eigenvalue weighted by molar-refractivity contribution is 5.69. The van der Waals surface area contributed by atoms with Gasteiger partial charge in [0.15, 0.2) is 0 Å². The summed E-state index contributed by atoms with van der Waals surface area (Å²) in [7, 11) is 0. The fourth-order valence-corrected chi connectivity index (χ4v) is 2.68. The van der Waals surface area contributed by atoms with Crippen LogP contribution in [0.3, 0.4) is 0 Å². The second-order valence-electron chi connectivity index (χ2n) is 8.49. The van der Waals surface area contributed by atoms with E-state index in [-0.39, 0.29) is 5.41 Å². The van der Waals surface area contributed by atoms with Crippen LogP contribution in [0.5, 0.6) is 0 Å². The second kappa shape index (κ2) is 16.1. The molecule has 0 aliphatic heterocycles. The zero-order chi connectivity index (χ0) is 25.5. The minimum Gasteiger partial charge on any atom is -0.385 e. The molecule has 0 heterocycles. The summed E-state index contributed by atoms with van der Waals surface area (Å²) in [5, 5.41) is 3.35. The molecule has 0 saturated heterocycles. The minimum absolute atomic E-state index is 0.0318. The Hall–Kier alpha value is -2.54. The van der Waals surface area contributed by atoms with Crippen molar-refractivity contribution < 1.29 is 0 Å². The Morgan fingerprint density at radius 3 is 1.84 bits per heavy atom. The highest BCUT2D eigenvalue weighted by Gasteiger charge is 2.21. The van der Waals surface area contributed by atoms with Crippen molar-refractivity contribution in [3.05, 3.63) is 95.7 Å². The van der Waals surface area contributed by atoms with Crippen LogP contribution >= 0.6 is 0 Å². The SMILES string of the molecule is C=C(C)C.C=C(C)NCc1ccc(C)cc1-c1cccc(C(C)(C)C(=C)C)c1.CC.CC. The van der Waals surface area contributed by atoms with E-state index >= 15 is 0 Å². The molecule has 2 rings (SSSR count). The molecule has 1 N–H and O–H groups in total. The van der Waals surface area contributed by atoms with Crippen LogP contribution in [0, 0.1) is 6.92 Å². The van der Waals surface area contributed by atoms with E-state index in [0.717, 1.165) is 12.2 Å². The van der Waals surface area contributed by atoms with Crippen molar-refractivity contribution >= 4 is 0 Å². The van der Waals surface area contributed by atoms with Crippen molar-refractivity contribution in [1.29, 1.82) is 0 Å². The van der Waals surface area contributed by atoms with Crippen LogP contribution < -0.4 is 5.32 Å². The molecule has 0 radical (unpaired) electrons. The first kappa shape index (κ1) is 31.6. The predicted molar refractivity (Wildman–Crippen MR) is 149 cm³/mol. The van der Waals surface area contributed by atoms with Gasteiger partial charge in [0, 0.05) is 17.7 Å². The molecule has 0 aliphatic rings. The number of benzene rings is 2. The average Bonchev–Trinajstić information content (AvgIpc) is 2.75. The Bertz CT molecular complexity index is 849. The van der Waals surface area contributed by atoms with Gasteiger partial charge in [-0.3, -0.25) is 0 Å². The van der Waals surface area contributed by atoms with E-state index in [0.29, 0.717) is 0 Å². The van der Waals surface area contributed by atoms with Gasteiger partial charge in [-0.1, -0.05) is 114 Å². The lowest BCUT2D eigenvalue weighted by Gasteiger charge is -2.26. The van der Waals surface area contributed by atoms with Crippen molar-refractivity contribution in [3.8, 4) is 11.1 Å². The number of rotatable bonds is 6. The largest absolute Gasteiger partial charge is 0.385 e. The van der Waals surface area contributed by atoms with E-state index in [4.69, 9.17) is 0 Å². The smallest absolute Gasteiger partial charge is 0.0403 e. The Labute approximate surface area is 200 Å². The molecule has 0 aromatic heterocycles. The number of hydrogen-bond acceptors (Lipinski definition) is 1. The first-order valence-electron chi connectivity index (χ1n) is 11.8. The van der Waals surface area contributed by atoms with Crippen LogP contribution in [0.4, 0.5) is 0 Å². The second-order valence-corrected chi connectivity index (χ2v) is 8.49. The van der Waals surface area contributed by atoms with E-state index in [2.05, 4.69) is 95.2 Å². The van der Waals surface area contributed by atoms with Crippen molar-refractivity contribution in [2.45, 2.75) is 88.1 Å². The average molecular weight is 436 g/mol. The third-order valence-electron chi connectivity index (χ3n) is 4.81. The number of aryl methyl sites for hydroxylation is 1. The third-order valence-corrected chi connectivity index (χ3v) is 4.81. The molecule has 0 bridgehead atoms. The summed E-state index contributed by atoms with van der Waals surface area (Å²) in [5.74, 6) is 0. The lowest BCUT2D eigenvalue weighted by Crippen LogP contribution is -2.18. The van der Waals surface area contributed by atoms with E-state index < -0.39 is 0 Å². The van der Waals surface area contributed by atoms with E-state index in [9.17, 15) is 0 Å². The monoisotopic (exact) mass is 435 g/mol. The zero-order valence-corrected chi connectivity index (χ0v) is 22.9. The standard InChI is InChI=1S/C23H29N.C4H8.2C2H6/c1-16(2)23(6,7)21-10-8-9-19(14-21)22-13-18(5)11-12-20(22)15-24-17(3)4;1-4(2)3;2*1-2/h8-14,24H,1,3,15H2,2,4-7H3;1H2,2-3H3;2*1-2H3. The van der Waals surface area contributed by atoms with Crippen LogP contribution in [-0.2, 0) is 12.0 Å². The first-order valence-corrected chi connectivity index (χ1v) is 11.8. The molecule has 0 unspecified atom stereocenters. The quantitative estimate of drug-likeness (QED) is 0.445. The maximum absolute atomic E-state index is 4.17. The maximum Gasteiger partial charge on any atom is 0.0403 e. The summed E-state index contributed by atoms with van der Waals surface area (Å²) >= 11 is 0. The van der Waals surface area contributed by atoms with Crippen molar-refractivity contribution in [2.24, 2.45) is 0 Å². The van der Waals surface area contributed by atoms with Gasteiger partial charge in [-0.15, -0.1) is 6.58 Å². The van der Waals surface area contributed by atoms with Crippen LogP contribution in [0.15, 0.2) is 79.0 Å². The molecule has 0 saturated carbocycles. The summed E-state index contributed by atoms with van der Waals surface area (Å²) in [6.45, 7) is 35.1. The van der Waals surface area contributed by atoms with Gasteiger partial charge in [0.05, 0.1) is 0 Å². The Morgan fingerprint density at radius 2 is 1.38 bits per heavy atom. The molecule has 1 nitrogen and oxygen atoms in total. The first-order chi connectivity index (χ1) is 14.9. The Kier molecular flexibility index (Phi) is 16.0. The molecular weight excluding hydrogens is 386 g/mol. The molecule has 0 amide bonds. The van der Waals surface area contributed by atoms with Crippen LogP contribution in [0.25, 0.3) is 11.1 Å². The molecule has 2 aromatic rings. The highest BCUT2D eigenvalue weighted by atomic mass is 14.9. The summed E-state index contributed by atoms with van der Waals surface area (Å²) < 4.78 is 0. The lowest BCUT2D eigenvalue weighted by atomic mass is 9.78. The zero-order valence-electron chi connectivity index (χ0n) is 22.9. The van der Waals surface area contributed by atoms with Crippen molar-refractivity contribution in [1.82, 2.24) is 5.32 Å². The Morgan fingerprint density at radius 1 is 0.844 bits per heavy atom. The minimum atomic E-state index is -0.0318. The molecule has 178 valence electrons.